The van der Waals surface area contributed by atoms with Crippen LogP contribution in [0.5, 0.6) is 0 Å². The third-order valence-corrected chi connectivity index (χ3v) is 3.99. The summed E-state index contributed by atoms with van der Waals surface area (Å²) < 4.78 is 4.94. The second-order valence-corrected chi connectivity index (χ2v) is 5.31. The maximum Gasteiger partial charge on any atom is 0.229 e. The molecule has 1 fully saturated rings. The zero-order valence-electron chi connectivity index (χ0n) is 11.2. The topological polar surface area (TPSA) is 55.3 Å². The zero-order valence-corrected chi connectivity index (χ0v) is 11.2. The van der Waals surface area contributed by atoms with Crippen LogP contribution < -0.4 is 5.73 Å². The summed E-state index contributed by atoms with van der Waals surface area (Å²) in [6.45, 7) is 2.34. The molecule has 1 aliphatic heterocycles. The number of likely N-dealkylation sites (tertiary alicyclic amines) is 1. The number of aromatic nitrogens is 1. The third-order valence-electron chi connectivity index (χ3n) is 3.99. The number of nitrogens with zero attached hydrogens (tertiary/aromatic N) is 2. The Morgan fingerprint density at radius 3 is 2.79 bits per heavy atom. The standard InChI is InChI=1S/C15H19N3O/c1-18-7-5-11(6-8-18)12-3-2-4-13(9-12)14-10-17-19-15(14)16/h2-4,9-11H,5-8,16H2,1H3. The predicted octanol–water partition coefficient (Wildman–Crippen LogP) is 2.73. The number of benzene rings is 1. The maximum absolute atomic E-state index is 5.78. The van der Waals surface area contributed by atoms with Crippen LogP contribution in [0.3, 0.4) is 0 Å². The number of anilines is 1. The summed E-state index contributed by atoms with van der Waals surface area (Å²) in [6.07, 6.45) is 4.13. The van der Waals surface area contributed by atoms with E-state index in [4.69, 9.17) is 10.3 Å². The van der Waals surface area contributed by atoms with Gasteiger partial charge in [-0.15, -0.1) is 0 Å². The van der Waals surface area contributed by atoms with Gasteiger partial charge in [0.15, 0.2) is 0 Å². The van der Waals surface area contributed by atoms with Crippen molar-refractivity contribution in [3.05, 3.63) is 36.0 Å². The molecule has 3 rings (SSSR count). The second kappa shape index (κ2) is 5.05. The fourth-order valence-corrected chi connectivity index (χ4v) is 2.77. The van der Waals surface area contributed by atoms with Crippen molar-refractivity contribution < 1.29 is 4.52 Å². The molecule has 4 nitrogen and oxygen atoms in total. The molecule has 0 atom stereocenters. The molecule has 0 aliphatic carbocycles. The lowest BCUT2D eigenvalue weighted by Gasteiger charge is -2.29. The van der Waals surface area contributed by atoms with Crippen LogP contribution in [0, 0.1) is 0 Å². The van der Waals surface area contributed by atoms with Crippen molar-refractivity contribution in [1.29, 1.82) is 0 Å². The molecule has 0 radical (unpaired) electrons. The molecule has 1 aromatic heterocycles. The number of hydrogen-bond acceptors (Lipinski definition) is 4. The van der Waals surface area contributed by atoms with E-state index in [1.165, 1.54) is 31.5 Å². The minimum atomic E-state index is 0.389. The van der Waals surface area contributed by atoms with Crippen molar-refractivity contribution in [1.82, 2.24) is 10.1 Å². The molecule has 2 aromatic rings. The number of nitrogens with two attached hydrogens (primary N) is 1. The Labute approximate surface area is 113 Å². The summed E-state index contributed by atoms with van der Waals surface area (Å²) in [7, 11) is 2.19. The first-order valence-corrected chi connectivity index (χ1v) is 6.73. The van der Waals surface area contributed by atoms with Crippen LogP contribution in [0.25, 0.3) is 11.1 Å². The minimum absolute atomic E-state index is 0.389. The van der Waals surface area contributed by atoms with Crippen molar-refractivity contribution >= 4 is 5.88 Å². The molecule has 0 bridgehead atoms. The number of rotatable bonds is 2. The lowest BCUT2D eigenvalue weighted by molar-refractivity contribution is 0.255. The highest BCUT2D eigenvalue weighted by Gasteiger charge is 2.19. The lowest BCUT2D eigenvalue weighted by Crippen LogP contribution is -2.29. The normalized spacial score (nSPS) is 17.7. The molecule has 19 heavy (non-hydrogen) atoms. The fraction of sp³-hybridized carbons (Fsp3) is 0.400. The number of piperidine rings is 1. The van der Waals surface area contributed by atoms with Crippen LogP contribution in [0.2, 0.25) is 0 Å². The van der Waals surface area contributed by atoms with E-state index in [9.17, 15) is 0 Å². The SMILES string of the molecule is CN1CCC(c2cccc(-c3cnoc3N)c2)CC1. The van der Waals surface area contributed by atoms with Gasteiger partial charge in [-0.2, -0.15) is 0 Å². The van der Waals surface area contributed by atoms with Crippen LogP contribution in [-0.2, 0) is 0 Å². The van der Waals surface area contributed by atoms with Crippen LogP contribution in [-0.4, -0.2) is 30.2 Å². The first-order chi connectivity index (χ1) is 9.24. The van der Waals surface area contributed by atoms with Crippen LogP contribution in [0.1, 0.15) is 24.3 Å². The quantitative estimate of drug-likeness (QED) is 0.898. The van der Waals surface area contributed by atoms with Gasteiger partial charge in [-0.05, 0) is 50.0 Å². The van der Waals surface area contributed by atoms with Crippen molar-refractivity contribution in [2.24, 2.45) is 0 Å². The summed E-state index contributed by atoms with van der Waals surface area (Å²) in [4.78, 5) is 2.39. The molecule has 1 saturated heterocycles. The molecule has 100 valence electrons. The highest BCUT2D eigenvalue weighted by atomic mass is 16.5. The minimum Gasteiger partial charge on any atom is -0.367 e. The zero-order chi connectivity index (χ0) is 13.2. The van der Waals surface area contributed by atoms with Crippen LogP contribution >= 0.6 is 0 Å². The molecule has 1 aromatic carbocycles. The maximum atomic E-state index is 5.78. The summed E-state index contributed by atoms with van der Waals surface area (Å²) in [5, 5.41) is 3.74. The van der Waals surface area contributed by atoms with Gasteiger partial charge in [-0.1, -0.05) is 29.4 Å². The van der Waals surface area contributed by atoms with E-state index < -0.39 is 0 Å². The molecule has 0 spiro atoms. The van der Waals surface area contributed by atoms with Crippen LogP contribution in [0.15, 0.2) is 35.0 Å². The van der Waals surface area contributed by atoms with Crippen molar-refractivity contribution in [3.63, 3.8) is 0 Å². The van der Waals surface area contributed by atoms with Crippen LogP contribution in [0.4, 0.5) is 5.88 Å². The average Bonchev–Trinajstić information content (AvgIpc) is 2.86. The first kappa shape index (κ1) is 12.2. The molecular formula is C15H19N3O. The van der Waals surface area contributed by atoms with Gasteiger partial charge in [-0.25, -0.2) is 0 Å². The van der Waals surface area contributed by atoms with Gasteiger partial charge in [0.2, 0.25) is 5.88 Å². The molecule has 0 amide bonds. The van der Waals surface area contributed by atoms with E-state index in [1.807, 2.05) is 0 Å². The Kier molecular flexibility index (Phi) is 3.25. The van der Waals surface area contributed by atoms with Gasteiger partial charge in [-0.3, -0.25) is 0 Å². The second-order valence-electron chi connectivity index (χ2n) is 5.31. The molecule has 2 N–H and O–H groups in total. The highest BCUT2D eigenvalue weighted by molar-refractivity contribution is 5.72. The molecule has 4 heteroatoms. The molecule has 1 aliphatic rings. The summed E-state index contributed by atoms with van der Waals surface area (Å²) in [5.74, 6) is 1.04. The van der Waals surface area contributed by atoms with Gasteiger partial charge in [0.1, 0.15) is 0 Å². The van der Waals surface area contributed by atoms with E-state index in [2.05, 4.69) is 41.4 Å². The average molecular weight is 257 g/mol. The van der Waals surface area contributed by atoms with E-state index in [1.54, 1.807) is 6.20 Å². The van der Waals surface area contributed by atoms with Gasteiger partial charge in [0.05, 0.1) is 11.8 Å². The third kappa shape index (κ3) is 2.49. The van der Waals surface area contributed by atoms with Crippen molar-refractivity contribution in [3.8, 4) is 11.1 Å². The van der Waals surface area contributed by atoms with E-state index >= 15 is 0 Å². The Bertz CT molecular complexity index is 556. The molecule has 0 unspecified atom stereocenters. The Morgan fingerprint density at radius 2 is 2.11 bits per heavy atom. The van der Waals surface area contributed by atoms with Crippen molar-refractivity contribution in [2.75, 3.05) is 25.9 Å². The first-order valence-electron chi connectivity index (χ1n) is 6.73. The fourth-order valence-electron chi connectivity index (χ4n) is 2.77. The molecule has 2 heterocycles. The van der Waals surface area contributed by atoms with Gasteiger partial charge >= 0.3 is 0 Å². The summed E-state index contributed by atoms with van der Waals surface area (Å²) >= 11 is 0. The van der Waals surface area contributed by atoms with Gasteiger partial charge in [0.25, 0.3) is 0 Å². The number of hydrogen-bond donors (Lipinski definition) is 1. The Balaban J connectivity index is 1.86. The predicted molar refractivity (Wildman–Crippen MR) is 75.8 cm³/mol. The van der Waals surface area contributed by atoms with Gasteiger partial charge < -0.3 is 15.2 Å². The lowest BCUT2D eigenvalue weighted by atomic mass is 9.88. The van der Waals surface area contributed by atoms with E-state index in [0.29, 0.717) is 11.8 Å². The van der Waals surface area contributed by atoms with E-state index in [-0.39, 0.29) is 0 Å². The highest BCUT2D eigenvalue weighted by Crippen LogP contribution is 2.32. The Morgan fingerprint density at radius 1 is 1.32 bits per heavy atom. The monoisotopic (exact) mass is 257 g/mol. The summed E-state index contributed by atoms with van der Waals surface area (Å²) in [6, 6.07) is 8.58. The Hall–Kier alpha value is -1.81. The van der Waals surface area contributed by atoms with Crippen molar-refractivity contribution in [2.45, 2.75) is 18.8 Å². The molecular weight excluding hydrogens is 238 g/mol. The summed E-state index contributed by atoms with van der Waals surface area (Å²) in [5.41, 5.74) is 9.15. The number of nitrogen functional groups attached to an aromatic ring is 1. The largest absolute Gasteiger partial charge is 0.367 e. The van der Waals surface area contributed by atoms with E-state index in [0.717, 1.165) is 11.1 Å². The smallest absolute Gasteiger partial charge is 0.229 e. The van der Waals surface area contributed by atoms with Gasteiger partial charge in [0, 0.05) is 0 Å². The molecule has 0 saturated carbocycles.